The summed E-state index contributed by atoms with van der Waals surface area (Å²) in [6.07, 6.45) is -2.72. The molecule has 3 N–H and O–H groups in total. The number of anilines is 2. The predicted molar refractivity (Wildman–Crippen MR) is 101 cm³/mol. The van der Waals surface area contributed by atoms with Crippen LogP contribution in [0, 0.1) is 0 Å². The van der Waals surface area contributed by atoms with Crippen molar-refractivity contribution in [3.63, 3.8) is 0 Å². The number of carbonyl (C=O) groups excluding carboxylic acids is 2. The largest absolute Gasteiger partial charge is 0.418 e. The first-order valence-corrected chi connectivity index (χ1v) is 9.62. The van der Waals surface area contributed by atoms with Crippen LogP contribution < -0.4 is 16.0 Å². The number of nitrogens with zero attached hydrogens (tertiary/aromatic N) is 2. The Morgan fingerprint density at radius 3 is 2.69 bits per heavy atom. The minimum absolute atomic E-state index is 0.0112. The first-order valence-electron chi connectivity index (χ1n) is 9.62. The van der Waals surface area contributed by atoms with Gasteiger partial charge in [-0.3, -0.25) is 14.5 Å². The molecular formula is C19H25F3N4O3. The number of amides is 2. The highest BCUT2D eigenvalue weighted by Crippen LogP contribution is 2.39. The van der Waals surface area contributed by atoms with Crippen molar-refractivity contribution >= 4 is 23.2 Å². The third-order valence-electron chi connectivity index (χ3n) is 5.15. The summed E-state index contributed by atoms with van der Waals surface area (Å²) in [7, 11) is 0. The Labute approximate surface area is 167 Å². The third kappa shape index (κ3) is 4.88. The van der Waals surface area contributed by atoms with Crippen molar-refractivity contribution in [2.24, 2.45) is 5.73 Å². The van der Waals surface area contributed by atoms with E-state index < -0.39 is 29.6 Å². The molecule has 7 nitrogen and oxygen atoms in total. The lowest BCUT2D eigenvalue weighted by Gasteiger charge is -2.30. The van der Waals surface area contributed by atoms with E-state index in [0.29, 0.717) is 12.6 Å². The van der Waals surface area contributed by atoms with Gasteiger partial charge in [-0.1, -0.05) is 6.92 Å². The minimum Gasteiger partial charge on any atom is -0.370 e. The molecule has 1 saturated carbocycles. The lowest BCUT2D eigenvalue weighted by atomic mass is 10.1. The van der Waals surface area contributed by atoms with E-state index in [0.717, 1.165) is 23.8 Å². The van der Waals surface area contributed by atoms with Gasteiger partial charge in [-0.25, -0.2) is 0 Å². The number of hydrogen-bond donors (Lipinski definition) is 2. The SMILES string of the molecule is CCN(C1CC1)[C@H](CN)C(=O)Nc1ccc(N2CCOCC2=O)c(C(F)(F)F)c1. The average molecular weight is 414 g/mol. The maximum Gasteiger partial charge on any atom is 0.418 e. The molecule has 0 bridgehead atoms. The summed E-state index contributed by atoms with van der Waals surface area (Å²) in [6, 6.07) is 3.11. The Morgan fingerprint density at radius 1 is 1.41 bits per heavy atom. The smallest absolute Gasteiger partial charge is 0.370 e. The molecule has 1 aliphatic heterocycles. The number of nitrogens with two attached hydrogens (primary N) is 1. The number of likely N-dealkylation sites (N-methyl/N-ethyl adjacent to an activating group) is 1. The maximum absolute atomic E-state index is 13.7. The number of morpholine rings is 1. The van der Waals surface area contributed by atoms with Crippen molar-refractivity contribution in [2.45, 2.75) is 38.0 Å². The van der Waals surface area contributed by atoms with Crippen LogP contribution in [0.3, 0.4) is 0 Å². The van der Waals surface area contributed by atoms with Crippen LogP contribution >= 0.6 is 0 Å². The fourth-order valence-corrected chi connectivity index (χ4v) is 3.61. The van der Waals surface area contributed by atoms with Crippen LogP contribution in [-0.4, -0.2) is 61.6 Å². The molecule has 2 amide bonds. The highest BCUT2D eigenvalue weighted by Gasteiger charge is 2.38. The number of nitrogens with one attached hydrogen (secondary N) is 1. The highest BCUT2D eigenvalue weighted by molar-refractivity contribution is 5.98. The van der Waals surface area contributed by atoms with Crippen molar-refractivity contribution in [1.29, 1.82) is 0 Å². The Hall–Kier alpha value is -2.17. The zero-order chi connectivity index (χ0) is 21.2. The van der Waals surface area contributed by atoms with E-state index in [9.17, 15) is 22.8 Å². The van der Waals surface area contributed by atoms with Crippen LogP contribution in [0.15, 0.2) is 18.2 Å². The molecule has 10 heteroatoms. The normalized spacial score (nSPS) is 18.8. The Kier molecular flexibility index (Phi) is 6.45. The minimum atomic E-state index is -4.69. The summed E-state index contributed by atoms with van der Waals surface area (Å²) in [5, 5.41) is 2.56. The van der Waals surface area contributed by atoms with Crippen molar-refractivity contribution in [1.82, 2.24) is 4.90 Å². The molecule has 1 aliphatic carbocycles. The van der Waals surface area contributed by atoms with E-state index in [1.165, 1.54) is 12.1 Å². The van der Waals surface area contributed by atoms with Crippen LogP contribution in [0.2, 0.25) is 0 Å². The molecule has 0 radical (unpaired) electrons. The number of ether oxygens (including phenoxy) is 1. The number of benzene rings is 1. The topological polar surface area (TPSA) is 87.9 Å². The summed E-state index contributed by atoms with van der Waals surface area (Å²) >= 11 is 0. The summed E-state index contributed by atoms with van der Waals surface area (Å²) in [5.74, 6) is -0.977. The van der Waals surface area contributed by atoms with Gasteiger partial charge in [-0.2, -0.15) is 13.2 Å². The second-order valence-corrected chi connectivity index (χ2v) is 7.13. The second kappa shape index (κ2) is 8.68. The third-order valence-corrected chi connectivity index (χ3v) is 5.15. The van der Waals surface area contributed by atoms with Gasteiger partial charge in [-0.05, 0) is 37.6 Å². The highest BCUT2D eigenvalue weighted by atomic mass is 19.4. The molecule has 0 spiro atoms. The Morgan fingerprint density at radius 2 is 2.14 bits per heavy atom. The van der Waals surface area contributed by atoms with Gasteiger partial charge in [0.1, 0.15) is 12.6 Å². The van der Waals surface area contributed by atoms with Gasteiger partial charge in [0.25, 0.3) is 5.91 Å². The standard InChI is InChI=1S/C19H25F3N4O3/c1-2-25(13-4-5-13)16(10-23)18(28)24-12-3-6-15(14(9-12)19(20,21)22)26-7-8-29-11-17(26)27/h3,6,9,13,16H,2,4-5,7-8,10-11,23H2,1H3,(H,24,28)/t16-/m1/s1. The lowest BCUT2D eigenvalue weighted by molar-refractivity contribution is -0.137. The summed E-state index contributed by atoms with van der Waals surface area (Å²) in [6.45, 7) is 2.56. The molecule has 29 heavy (non-hydrogen) atoms. The average Bonchev–Trinajstić information content (AvgIpc) is 3.50. The van der Waals surface area contributed by atoms with Crippen molar-refractivity contribution in [3.05, 3.63) is 23.8 Å². The van der Waals surface area contributed by atoms with Crippen LogP contribution in [0.4, 0.5) is 24.5 Å². The molecule has 1 aromatic rings. The first-order chi connectivity index (χ1) is 13.8. The molecule has 2 fully saturated rings. The number of hydrogen-bond acceptors (Lipinski definition) is 5. The molecule has 0 aromatic heterocycles. The van der Waals surface area contributed by atoms with Crippen LogP contribution in [-0.2, 0) is 20.5 Å². The molecule has 3 rings (SSSR count). The number of halogens is 3. The van der Waals surface area contributed by atoms with Gasteiger partial charge in [-0.15, -0.1) is 0 Å². The van der Waals surface area contributed by atoms with Crippen LogP contribution in [0.25, 0.3) is 0 Å². The fourth-order valence-electron chi connectivity index (χ4n) is 3.61. The number of rotatable bonds is 7. The van der Waals surface area contributed by atoms with Gasteiger partial charge >= 0.3 is 6.18 Å². The zero-order valence-electron chi connectivity index (χ0n) is 16.2. The quantitative estimate of drug-likeness (QED) is 0.711. The van der Waals surface area contributed by atoms with E-state index in [-0.39, 0.29) is 37.7 Å². The van der Waals surface area contributed by atoms with E-state index in [4.69, 9.17) is 10.5 Å². The van der Waals surface area contributed by atoms with Crippen LogP contribution in [0.1, 0.15) is 25.3 Å². The zero-order valence-corrected chi connectivity index (χ0v) is 16.2. The van der Waals surface area contributed by atoms with Crippen molar-refractivity contribution in [3.8, 4) is 0 Å². The fraction of sp³-hybridized carbons (Fsp3) is 0.579. The molecule has 1 heterocycles. The Bertz CT molecular complexity index is 768. The lowest BCUT2D eigenvalue weighted by Crippen LogP contribution is -2.49. The van der Waals surface area contributed by atoms with E-state index in [2.05, 4.69) is 5.32 Å². The monoisotopic (exact) mass is 414 g/mol. The first kappa shape index (κ1) is 21.5. The summed E-state index contributed by atoms with van der Waals surface area (Å²) in [5.41, 5.74) is 4.55. The van der Waals surface area contributed by atoms with E-state index >= 15 is 0 Å². The Balaban J connectivity index is 1.84. The maximum atomic E-state index is 13.7. The molecule has 0 unspecified atom stereocenters. The van der Waals surface area contributed by atoms with Gasteiger partial charge in [0.15, 0.2) is 0 Å². The van der Waals surface area contributed by atoms with Crippen molar-refractivity contribution in [2.75, 3.05) is 43.1 Å². The van der Waals surface area contributed by atoms with Gasteiger partial charge in [0.2, 0.25) is 5.91 Å². The summed E-state index contributed by atoms with van der Waals surface area (Å²) < 4.78 is 46.0. The van der Waals surface area contributed by atoms with E-state index in [1.807, 2.05) is 11.8 Å². The summed E-state index contributed by atoms with van der Waals surface area (Å²) in [4.78, 5) is 27.7. The van der Waals surface area contributed by atoms with Gasteiger partial charge in [0.05, 0.1) is 17.9 Å². The molecule has 2 aliphatic rings. The van der Waals surface area contributed by atoms with Crippen LogP contribution in [0.5, 0.6) is 0 Å². The molecular weight excluding hydrogens is 389 g/mol. The predicted octanol–water partition coefficient (Wildman–Crippen LogP) is 1.82. The second-order valence-electron chi connectivity index (χ2n) is 7.13. The van der Waals surface area contributed by atoms with E-state index in [1.54, 1.807) is 0 Å². The molecule has 160 valence electrons. The van der Waals surface area contributed by atoms with Gasteiger partial charge in [0, 0.05) is 24.8 Å². The molecule has 1 aromatic carbocycles. The number of carbonyl (C=O) groups is 2. The molecule has 1 atom stereocenters. The van der Waals surface area contributed by atoms with Crippen molar-refractivity contribution < 1.29 is 27.5 Å². The van der Waals surface area contributed by atoms with Gasteiger partial charge < -0.3 is 20.7 Å². The number of alkyl halides is 3. The molecule has 1 saturated heterocycles.